The second-order valence-electron chi connectivity index (χ2n) is 5.25. The fourth-order valence-corrected chi connectivity index (χ4v) is 2.54. The molecule has 1 aromatic heterocycles. The molecule has 0 aliphatic carbocycles. The van der Waals surface area contributed by atoms with Crippen molar-refractivity contribution in [3.8, 4) is 0 Å². The van der Waals surface area contributed by atoms with Crippen molar-refractivity contribution in [3.05, 3.63) is 26.2 Å². The third-order valence-electron chi connectivity index (χ3n) is 3.60. The van der Waals surface area contributed by atoms with Gasteiger partial charge < -0.3 is 4.90 Å². The SMILES string of the molecule is CCCN(C(=N)N1CCCC1)c1nc(C)c([N+](=O)[O-])c(=O)[nH]1. The van der Waals surface area contributed by atoms with E-state index >= 15 is 0 Å². The molecule has 9 heteroatoms. The lowest BCUT2D eigenvalue weighted by atomic mass is 10.3. The van der Waals surface area contributed by atoms with E-state index in [0.29, 0.717) is 6.54 Å². The number of nitro groups is 1. The molecule has 120 valence electrons. The molecule has 0 spiro atoms. The van der Waals surface area contributed by atoms with Crippen LogP contribution in [0.25, 0.3) is 0 Å². The van der Waals surface area contributed by atoms with Crippen LogP contribution in [0.5, 0.6) is 0 Å². The summed E-state index contributed by atoms with van der Waals surface area (Å²) in [5.74, 6) is 0.461. The summed E-state index contributed by atoms with van der Waals surface area (Å²) in [7, 11) is 0. The second kappa shape index (κ2) is 6.54. The smallest absolute Gasteiger partial charge is 0.343 e. The van der Waals surface area contributed by atoms with E-state index in [4.69, 9.17) is 5.41 Å². The Morgan fingerprint density at radius 1 is 1.50 bits per heavy atom. The fourth-order valence-electron chi connectivity index (χ4n) is 2.54. The highest BCUT2D eigenvalue weighted by Crippen LogP contribution is 2.17. The number of nitrogens with zero attached hydrogens (tertiary/aromatic N) is 4. The van der Waals surface area contributed by atoms with Gasteiger partial charge in [0.1, 0.15) is 5.69 Å². The van der Waals surface area contributed by atoms with E-state index in [-0.39, 0.29) is 17.6 Å². The molecule has 1 aliphatic heterocycles. The Kier molecular flexibility index (Phi) is 4.74. The van der Waals surface area contributed by atoms with E-state index in [1.54, 1.807) is 4.90 Å². The summed E-state index contributed by atoms with van der Waals surface area (Å²) in [6.45, 7) is 5.50. The van der Waals surface area contributed by atoms with E-state index in [1.165, 1.54) is 6.92 Å². The van der Waals surface area contributed by atoms with Gasteiger partial charge in [-0.25, -0.2) is 4.98 Å². The molecule has 0 aromatic carbocycles. The third-order valence-corrected chi connectivity index (χ3v) is 3.60. The van der Waals surface area contributed by atoms with Crippen molar-refractivity contribution < 1.29 is 4.92 Å². The molecule has 2 N–H and O–H groups in total. The summed E-state index contributed by atoms with van der Waals surface area (Å²) in [6.07, 6.45) is 2.83. The van der Waals surface area contributed by atoms with Crippen LogP contribution in [0.15, 0.2) is 4.79 Å². The number of rotatable bonds is 4. The summed E-state index contributed by atoms with van der Waals surface area (Å²) < 4.78 is 0. The van der Waals surface area contributed by atoms with Crippen molar-refractivity contribution in [2.75, 3.05) is 24.5 Å². The molecule has 2 heterocycles. The Labute approximate surface area is 127 Å². The lowest BCUT2D eigenvalue weighted by Crippen LogP contribution is -2.44. The van der Waals surface area contributed by atoms with Crippen LogP contribution >= 0.6 is 0 Å². The van der Waals surface area contributed by atoms with Crippen molar-refractivity contribution in [2.45, 2.75) is 33.1 Å². The number of aromatic amines is 1. The number of hydrogen-bond donors (Lipinski definition) is 2. The van der Waals surface area contributed by atoms with Crippen molar-refractivity contribution >= 4 is 17.6 Å². The molecular weight excluding hydrogens is 288 g/mol. The van der Waals surface area contributed by atoms with Crippen LogP contribution in [-0.2, 0) is 0 Å². The molecule has 1 fully saturated rings. The van der Waals surface area contributed by atoms with E-state index in [2.05, 4.69) is 9.97 Å². The van der Waals surface area contributed by atoms with Gasteiger partial charge in [-0.15, -0.1) is 0 Å². The van der Waals surface area contributed by atoms with Crippen LogP contribution in [0, 0.1) is 22.4 Å². The number of guanidine groups is 1. The predicted octanol–water partition coefficient (Wildman–Crippen LogP) is 1.23. The summed E-state index contributed by atoms with van der Waals surface area (Å²) in [4.78, 5) is 32.1. The van der Waals surface area contributed by atoms with Gasteiger partial charge in [0.15, 0.2) is 0 Å². The summed E-state index contributed by atoms with van der Waals surface area (Å²) >= 11 is 0. The highest BCUT2D eigenvalue weighted by Gasteiger charge is 2.25. The first kappa shape index (κ1) is 15.9. The van der Waals surface area contributed by atoms with Crippen molar-refractivity contribution in [1.29, 1.82) is 5.41 Å². The standard InChI is InChI=1S/C13H20N6O3/c1-3-6-18(12(14)17-7-4-5-8-17)13-15-9(2)10(19(21)22)11(20)16-13/h14H,3-8H2,1-2H3,(H,15,16,20). The Balaban J connectivity index is 2.38. The van der Waals surface area contributed by atoms with Gasteiger partial charge in [-0.1, -0.05) is 6.92 Å². The lowest BCUT2D eigenvalue weighted by molar-refractivity contribution is -0.387. The van der Waals surface area contributed by atoms with Crippen LogP contribution in [0.1, 0.15) is 31.9 Å². The second-order valence-corrected chi connectivity index (χ2v) is 5.25. The molecule has 0 radical (unpaired) electrons. The zero-order valence-corrected chi connectivity index (χ0v) is 12.8. The third kappa shape index (κ3) is 3.07. The molecule has 9 nitrogen and oxygen atoms in total. The Hall–Kier alpha value is -2.45. The molecule has 1 saturated heterocycles. The van der Waals surface area contributed by atoms with Crippen LogP contribution < -0.4 is 10.5 Å². The van der Waals surface area contributed by atoms with Gasteiger partial charge in [-0.05, 0) is 26.2 Å². The van der Waals surface area contributed by atoms with Gasteiger partial charge in [0.05, 0.1) is 4.92 Å². The first-order valence-electron chi connectivity index (χ1n) is 7.32. The van der Waals surface area contributed by atoms with Crippen LogP contribution in [0.2, 0.25) is 0 Å². The first-order valence-corrected chi connectivity index (χ1v) is 7.32. The summed E-state index contributed by atoms with van der Waals surface area (Å²) in [5.41, 5.74) is -1.28. The lowest BCUT2D eigenvalue weighted by Gasteiger charge is -2.29. The minimum Gasteiger partial charge on any atom is -0.343 e. The van der Waals surface area contributed by atoms with Crippen molar-refractivity contribution in [1.82, 2.24) is 14.9 Å². The van der Waals surface area contributed by atoms with E-state index in [1.807, 2.05) is 11.8 Å². The number of hydrogen-bond acceptors (Lipinski definition) is 5. The zero-order valence-electron chi connectivity index (χ0n) is 12.8. The highest BCUT2D eigenvalue weighted by molar-refractivity contribution is 5.92. The van der Waals surface area contributed by atoms with Crippen molar-refractivity contribution in [3.63, 3.8) is 0 Å². The Morgan fingerprint density at radius 2 is 2.14 bits per heavy atom. The van der Waals surface area contributed by atoms with Crippen LogP contribution in [0.4, 0.5) is 11.6 Å². The maximum Gasteiger partial charge on any atom is 0.354 e. The van der Waals surface area contributed by atoms with Gasteiger partial charge in [0, 0.05) is 19.6 Å². The van der Waals surface area contributed by atoms with Crippen LogP contribution in [0.3, 0.4) is 0 Å². The maximum atomic E-state index is 11.9. The maximum absolute atomic E-state index is 11.9. The van der Waals surface area contributed by atoms with Gasteiger partial charge in [-0.2, -0.15) is 0 Å². The average molecular weight is 308 g/mol. The molecule has 2 rings (SSSR count). The monoisotopic (exact) mass is 308 g/mol. The number of likely N-dealkylation sites (tertiary alicyclic amines) is 1. The van der Waals surface area contributed by atoms with Gasteiger partial charge in [0.25, 0.3) is 0 Å². The molecule has 0 bridgehead atoms. The van der Waals surface area contributed by atoms with Gasteiger partial charge >= 0.3 is 11.2 Å². The van der Waals surface area contributed by atoms with Crippen LogP contribution in [-0.4, -0.2) is 45.4 Å². The zero-order chi connectivity index (χ0) is 16.3. The number of anilines is 1. The molecule has 1 aromatic rings. The summed E-state index contributed by atoms with van der Waals surface area (Å²) in [5, 5.41) is 19.2. The molecule has 1 aliphatic rings. The largest absolute Gasteiger partial charge is 0.354 e. The average Bonchev–Trinajstić information content (AvgIpc) is 2.96. The number of aryl methyl sites for hydroxylation is 1. The number of aromatic nitrogens is 2. The predicted molar refractivity (Wildman–Crippen MR) is 82.4 cm³/mol. The summed E-state index contributed by atoms with van der Waals surface area (Å²) in [6, 6.07) is 0. The number of nitrogens with one attached hydrogen (secondary N) is 2. The first-order chi connectivity index (χ1) is 10.5. The molecule has 0 unspecified atom stereocenters. The quantitative estimate of drug-likeness (QED) is 0.374. The van der Waals surface area contributed by atoms with Gasteiger partial charge in [-0.3, -0.25) is 30.2 Å². The Morgan fingerprint density at radius 3 is 2.64 bits per heavy atom. The minimum absolute atomic E-state index is 0.0547. The molecular formula is C13H20N6O3. The van der Waals surface area contributed by atoms with E-state index in [9.17, 15) is 14.9 Å². The molecule has 0 saturated carbocycles. The topological polar surface area (TPSA) is 119 Å². The molecule has 0 amide bonds. The Bertz CT molecular complexity index is 635. The van der Waals surface area contributed by atoms with Crippen molar-refractivity contribution in [2.24, 2.45) is 0 Å². The van der Waals surface area contributed by atoms with Gasteiger partial charge in [0.2, 0.25) is 11.9 Å². The highest BCUT2D eigenvalue weighted by atomic mass is 16.6. The normalized spacial score (nSPS) is 14.2. The molecule has 22 heavy (non-hydrogen) atoms. The van der Waals surface area contributed by atoms with E-state index in [0.717, 1.165) is 32.4 Å². The number of H-pyrrole nitrogens is 1. The van der Waals surface area contributed by atoms with E-state index < -0.39 is 16.2 Å². The fraction of sp³-hybridized carbons (Fsp3) is 0.615. The minimum atomic E-state index is -0.789. The molecule has 0 atom stereocenters.